The number of hydrogen-bond donors (Lipinski definition) is 0. The average molecular weight is 329 g/mol. The average Bonchev–Trinajstić information content (AvgIpc) is 3.26. The number of amides is 1. The van der Waals surface area contributed by atoms with Gasteiger partial charge in [0.25, 0.3) is 5.91 Å². The molecule has 1 amide bonds. The van der Waals surface area contributed by atoms with Crippen LogP contribution in [0.1, 0.15) is 36.0 Å². The molecular formula is C19H27N3O2. The van der Waals surface area contributed by atoms with Crippen LogP contribution in [-0.4, -0.2) is 66.6 Å². The first-order chi connectivity index (χ1) is 11.7. The SMILES string of the molecule is O=C(c1cccnc1)N1CCC[C@@]2(CCN(C[C@H]3CCOC3)C2)C1. The highest BCUT2D eigenvalue weighted by Crippen LogP contribution is 2.39. The van der Waals surface area contributed by atoms with Crippen LogP contribution in [0.3, 0.4) is 0 Å². The van der Waals surface area contributed by atoms with Crippen molar-refractivity contribution in [2.45, 2.75) is 25.7 Å². The summed E-state index contributed by atoms with van der Waals surface area (Å²) in [6.07, 6.45) is 8.20. The van der Waals surface area contributed by atoms with E-state index in [9.17, 15) is 4.79 Å². The number of carbonyl (C=O) groups excluding carboxylic acids is 1. The zero-order chi connectivity index (χ0) is 16.4. The summed E-state index contributed by atoms with van der Waals surface area (Å²) < 4.78 is 5.52. The van der Waals surface area contributed by atoms with Gasteiger partial charge in [-0.2, -0.15) is 0 Å². The van der Waals surface area contributed by atoms with Gasteiger partial charge in [-0.1, -0.05) is 0 Å². The van der Waals surface area contributed by atoms with Crippen LogP contribution in [0.4, 0.5) is 0 Å². The van der Waals surface area contributed by atoms with Crippen LogP contribution < -0.4 is 0 Å². The molecule has 0 radical (unpaired) electrons. The second-order valence-corrected chi connectivity index (χ2v) is 7.79. The number of nitrogens with zero attached hydrogens (tertiary/aromatic N) is 3. The third-order valence-electron chi connectivity index (χ3n) is 5.91. The molecule has 1 aromatic rings. The Balaban J connectivity index is 1.38. The van der Waals surface area contributed by atoms with Crippen LogP contribution in [-0.2, 0) is 4.74 Å². The van der Waals surface area contributed by atoms with Gasteiger partial charge < -0.3 is 14.5 Å². The van der Waals surface area contributed by atoms with Gasteiger partial charge in [0.05, 0.1) is 12.2 Å². The third kappa shape index (κ3) is 3.33. The van der Waals surface area contributed by atoms with Crippen molar-refractivity contribution in [3.05, 3.63) is 30.1 Å². The molecule has 3 saturated heterocycles. The summed E-state index contributed by atoms with van der Waals surface area (Å²) in [5, 5.41) is 0. The van der Waals surface area contributed by atoms with E-state index in [1.807, 2.05) is 12.1 Å². The fraction of sp³-hybridized carbons (Fsp3) is 0.684. The van der Waals surface area contributed by atoms with E-state index in [2.05, 4.69) is 14.8 Å². The smallest absolute Gasteiger partial charge is 0.255 e. The second-order valence-electron chi connectivity index (χ2n) is 7.79. The van der Waals surface area contributed by atoms with Crippen molar-refractivity contribution in [2.75, 3.05) is 45.9 Å². The van der Waals surface area contributed by atoms with E-state index in [0.717, 1.165) is 45.8 Å². The number of piperidine rings is 1. The largest absolute Gasteiger partial charge is 0.381 e. The first kappa shape index (κ1) is 16.0. The molecule has 1 aromatic heterocycles. The predicted molar refractivity (Wildman–Crippen MR) is 91.8 cm³/mol. The van der Waals surface area contributed by atoms with Gasteiger partial charge in [-0.3, -0.25) is 9.78 Å². The monoisotopic (exact) mass is 329 g/mol. The van der Waals surface area contributed by atoms with Crippen LogP contribution >= 0.6 is 0 Å². The Hall–Kier alpha value is -1.46. The normalized spacial score (nSPS) is 31.0. The van der Waals surface area contributed by atoms with E-state index < -0.39 is 0 Å². The molecule has 1 spiro atoms. The van der Waals surface area contributed by atoms with Gasteiger partial charge in [0, 0.05) is 50.6 Å². The summed E-state index contributed by atoms with van der Waals surface area (Å²) in [5.74, 6) is 0.849. The van der Waals surface area contributed by atoms with Gasteiger partial charge in [0.15, 0.2) is 0 Å². The molecule has 2 atom stereocenters. The van der Waals surface area contributed by atoms with Crippen molar-refractivity contribution < 1.29 is 9.53 Å². The van der Waals surface area contributed by atoms with E-state index in [-0.39, 0.29) is 5.91 Å². The topological polar surface area (TPSA) is 45.7 Å². The molecule has 130 valence electrons. The lowest BCUT2D eigenvalue weighted by Crippen LogP contribution is -2.47. The number of likely N-dealkylation sites (tertiary alicyclic amines) is 2. The van der Waals surface area contributed by atoms with Crippen molar-refractivity contribution in [3.63, 3.8) is 0 Å². The van der Waals surface area contributed by atoms with E-state index in [1.54, 1.807) is 12.4 Å². The maximum atomic E-state index is 12.8. The Morgan fingerprint density at radius 3 is 3.08 bits per heavy atom. The van der Waals surface area contributed by atoms with Gasteiger partial charge in [-0.05, 0) is 50.3 Å². The van der Waals surface area contributed by atoms with Gasteiger partial charge in [0.2, 0.25) is 0 Å². The zero-order valence-electron chi connectivity index (χ0n) is 14.3. The maximum absolute atomic E-state index is 12.8. The highest BCUT2D eigenvalue weighted by Gasteiger charge is 2.42. The van der Waals surface area contributed by atoms with Crippen LogP contribution in [0.2, 0.25) is 0 Å². The Kier molecular flexibility index (Phi) is 4.55. The molecule has 0 saturated carbocycles. The Bertz CT molecular complexity index is 573. The summed E-state index contributed by atoms with van der Waals surface area (Å²) in [4.78, 5) is 21.5. The van der Waals surface area contributed by atoms with E-state index >= 15 is 0 Å². The van der Waals surface area contributed by atoms with Crippen molar-refractivity contribution in [1.82, 2.24) is 14.8 Å². The molecule has 24 heavy (non-hydrogen) atoms. The number of pyridine rings is 1. The number of rotatable bonds is 3. The molecule has 3 fully saturated rings. The third-order valence-corrected chi connectivity index (χ3v) is 5.91. The summed E-state index contributed by atoms with van der Waals surface area (Å²) in [5.41, 5.74) is 1.02. The molecular weight excluding hydrogens is 302 g/mol. The number of hydrogen-bond acceptors (Lipinski definition) is 4. The molecule has 4 heterocycles. The summed E-state index contributed by atoms with van der Waals surface area (Å²) in [6, 6.07) is 3.71. The number of aromatic nitrogens is 1. The first-order valence-electron chi connectivity index (χ1n) is 9.24. The van der Waals surface area contributed by atoms with Crippen LogP contribution in [0.15, 0.2) is 24.5 Å². The summed E-state index contributed by atoms with van der Waals surface area (Å²) >= 11 is 0. The van der Waals surface area contributed by atoms with Gasteiger partial charge in [-0.25, -0.2) is 0 Å². The Labute approximate surface area is 144 Å². The Morgan fingerprint density at radius 2 is 2.29 bits per heavy atom. The molecule has 0 aromatic carbocycles. The maximum Gasteiger partial charge on any atom is 0.255 e. The van der Waals surface area contributed by atoms with Gasteiger partial charge in [0.1, 0.15) is 0 Å². The molecule has 3 aliphatic rings. The fourth-order valence-electron chi connectivity index (χ4n) is 4.66. The molecule has 0 bridgehead atoms. The van der Waals surface area contributed by atoms with Crippen LogP contribution in [0.5, 0.6) is 0 Å². The predicted octanol–water partition coefficient (Wildman–Crippen LogP) is 2.05. The summed E-state index contributed by atoms with van der Waals surface area (Å²) in [7, 11) is 0. The lowest BCUT2D eigenvalue weighted by molar-refractivity contribution is 0.0523. The quantitative estimate of drug-likeness (QED) is 0.851. The second kappa shape index (κ2) is 6.81. The highest BCUT2D eigenvalue weighted by molar-refractivity contribution is 5.94. The molecule has 3 aliphatic heterocycles. The van der Waals surface area contributed by atoms with E-state index in [4.69, 9.17) is 4.74 Å². The lowest BCUT2D eigenvalue weighted by atomic mass is 9.79. The lowest BCUT2D eigenvalue weighted by Gasteiger charge is -2.40. The Morgan fingerprint density at radius 1 is 1.33 bits per heavy atom. The fourth-order valence-corrected chi connectivity index (χ4v) is 4.66. The van der Waals surface area contributed by atoms with Gasteiger partial charge >= 0.3 is 0 Å². The van der Waals surface area contributed by atoms with Crippen LogP contribution in [0, 0.1) is 11.3 Å². The van der Waals surface area contributed by atoms with E-state index in [1.165, 1.54) is 25.8 Å². The minimum atomic E-state index is 0.143. The molecule has 0 aliphatic carbocycles. The molecule has 4 rings (SSSR count). The van der Waals surface area contributed by atoms with Gasteiger partial charge in [-0.15, -0.1) is 0 Å². The minimum absolute atomic E-state index is 0.143. The highest BCUT2D eigenvalue weighted by atomic mass is 16.5. The van der Waals surface area contributed by atoms with E-state index in [0.29, 0.717) is 16.9 Å². The standard InChI is InChI=1S/C19H27N3O2/c23-18(17-3-1-7-20-11-17)22-8-2-5-19(15-22)6-9-21(14-19)12-16-4-10-24-13-16/h1,3,7,11,16H,2,4-6,8-10,12-15H2/t16-,19+/m1/s1. The number of ether oxygens (including phenoxy) is 1. The molecule has 0 unspecified atom stereocenters. The minimum Gasteiger partial charge on any atom is -0.381 e. The van der Waals surface area contributed by atoms with Crippen LogP contribution in [0.25, 0.3) is 0 Å². The first-order valence-corrected chi connectivity index (χ1v) is 9.24. The van der Waals surface area contributed by atoms with Crippen molar-refractivity contribution in [2.24, 2.45) is 11.3 Å². The zero-order valence-corrected chi connectivity index (χ0v) is 14.3. The molecule has 0 N–H and O–H groups in total. The van der Waals surface area contributed by atoms with Crippen molar-refractivity contribution in [1.29, 1.82) is 0 Å². The number of carbonyl (C=O) groups is 1. The summed E-state index contributed by atoms with van der Waals surface area (Å²) in [6.45, 7) is 7.11. The molecule has 5 nitrogen and oxygen atoms in total. The van der Waals surface area contributed by atoms with Crippen molar-refractivity contribution >= 4 is 5.91 Å². The van der Waals surface area contributed by atoms with Crippen molar-refractivity contribution in [3.8, 4) is 0 Å². The molecule has 5 heteroatoms.